The number of hydrogen-bond donors (Lipinski definition) is 2. The molecule has 0 aliphatic carbocycles. The monoisotopic (exact) mass is 354 g/mol. The molecule has 2 N–H and O–H groups in total. The maximum absolute atomic E-state index is 12.3. The molecule has 0 aromatic heterocycles. The van der Waals surface area contributed by atoms with Crippen LogP contribution in [0.2, 0.25) is 0 Å². The lowest BCUT2D eigenvalue weighted by molar-refractivity contribution is 0.0952. The number of nitrogens with one attached hydrogen (secondary N) is 2. The van der Waals surface area contributed by atoms with Crippen molar-refractivity contribution in [1.82, 2.24) is 5.32 Å². The Bertz CT molecular complexity index is 722. The fourth-order valence-corrected chi connectivity index (χ4v) is 2.35. The molecule has 0 aliphatic heterocycles. The lowest BCUT2D eigenvalue weighted by Crippen LogP contribution is -2.24. The summed E-state index contributed by atoms with van der Waals surface area (Å²) in [6.45, 7) is 6.65. The second-order valence-corrected chi connectivity index (χ2v) is 6.33. The molecule has 0 unspecified atom stereocenters. The van der Waals surface area contributed by atoms with E-state index in [-0.39, 0.29) is 17.9 Å². The highest BCUT2D eigenvalue weighted by molar-refractivity contribution is 6.04. The zero-order chi connectivity index (χ0) is 18.9. The Hall–Kier alpha value is -2.82. The molecule has 0 atom stereocenters. The number of carbonyl (C=O) groups is 2. The molecule has 2 amide bonds. The van der Waals surface area contributed by atoms with E-state index < -0.39 is 0 Å². The van der Waals surface area contributed by atoms with Crippen molar-refractivity contribution in [1.29, 1.82) is 0 Å². The van der Waals surface area contributed by atoms with Gasteiger partial charge >= 0.3 is 0 Å². The molecular weight excluding hydrogens is 328 g/mol. The Kier molecular flexibility index (Phi) is 7.21. The summed E-state index contributed by atoms with van der Waals surface area (Å²) >= 11 is 0. The van der Waals surface area contributed by atoms with Crippen molar-refractivity contribution in [2.24, 2.45) is 0 Å². The van der Waals surface area contributed by atoms with Gasteiger partial charge < -0.3 is 15.4 Å². The molecule has 2 aromatic carbocycles. The summed E-state index contributed by atoms with van der Waals surface area (Å²) in [6, 6.07) is 13.9. The molecule has 5 nitrogen and oxygen atoms in total. The summed E-state index contributed by atoms with van der Waals surface area (Å²) in [5, 5.41) is 5.69. The molecule has 138 valence electrons. The first-order valence-electron chi connectivity index (χ1n) is 8.96. The third-order valence-corrected chi connectivity index (χ3v) is 3.71. The van der Waals surface area contributed by atoms with E-state index in [1.54, 1.807) is 48.5 Å². The highest BCUT2D eigenvalue weighted by Gasteiger charge is 2.08. The van der Waals surface area contributed by atoms with Crippen LogP contribution in [-0.2, 0) is 0 Å². The quantitative estimate of drug-likeness (QED) is 0.696. The minimum absolute atomic E-state index is 0.0902. The molecule has 0 heterocycles. The van der Waals surface area contributed by atoms with E-state index in [9.17, 15) is 9.59 Å². The molecule has 0 bridgehead atoms. The lowest BCUT2D eigenvalue weighted by atomic mass is 10.1. The average molecular weight is 354 g/mol. The maximum Gasteiger partial charge on any atom is 0.255 e. The van der Waals surface area contributed by atoms with E-state index in [1.807, 2.05) is 13.8 Å². The standard InChI is InChI=1S/C21H26N2O3/c1-4-5-14-22-20(24)16-6-10-18(11-7-16)23-21(25)17-8-12-19(13-9-17)26-15(2)3/h6-13,15H,4-5,14H2,1-3H3,(H,22,24)(H,23,25). The van der Waals surface area contributed by atoms with Crippen LogP contribution in [0.1, 0.15) is 54.3 Å². The van der Waals surface area contributed by atoms with Crippen LogP contribution >= 0.6 is 0 Å². The second kappa shape index (κ2) is 9.61. The molecule has 26 heavy (non-hydrogen) atoms. The van der Waals surface area contributed by atoms with Crippen LogP contribution < -0.4 is 15.4 Å². The van der Waals surface area contributed by atoms with Gasteiger partial charge in [-0.25, -0.2) is 0 Å². The number of anilines is 1. The number of rotatable bonds is 8. The molecule has 0 saturated heterocycles. The van der Waals surface area contributed by atoms with Gasteiger partial charge in [-0.2, -0.15) is 0 Å². The highest BCUT2D eigenvalue weighted by atomic mass is 16.5. The zero-order valence-electron chi connectivity index (χ0n) is 15.5. The molecule has 2 aromatic rings. The van der Waals surface area contributed by atoms with Crippen LogP contribution in [0.5, 0.6) is 5.75 Å². The number of carbonyl (C=O) groups excluding carboxylic acids is 2. The lowest BCUT2D eigenvalue weighted by Gasteiger charge is -2.10. The van der Waals surface area contributed by atoms with Crippen LogP contribution in [0, 0.1) is 0 Å². The van der Waals surface area contributed by atoms with Gasteiger partial charge in [-0.15, -0.1) is 0 Å². The van der Waals surface area contributed by atoms with Gasteiger partial charge in [0.25, 0.3) is 11.8 Å². The Labute approximate surface area is 154 Å². The van der Waals surface area contributed by atoms with E-state index in [0.717, 1.165) is 18.6 Å². The predicted octanol–water partition coefficient (Wildman–Crippen LogP) is 4.26. The highest BCUT2D eigenvalue weighted by Crippen LogP contribution is 2.16. The summed E-state index contributed by atoms with van der Waals surface area (Å²) in [5.41, 5.74) is 1.76. The third-order valence-electron chi connectivity index (χ3n) is 3.71. The largest absolute Gasteiger partial charge is 0.491 e. The first-order valence-corrected chi connectivity index (χ1v) is 8.96. The Morgan fingerprint density at radius 1 is 0.923 bits per heavy atom. The fourth-order valence-electron chi connectivity index (χ4n) is 2.35. The van der Waals surface area contributed by atoms with Crippen molar-refractivity contribution in [2.45, 2.75) is 39.7 Å². The van der Waals surface area contributed by atoms with Crippen LogP contribution in [-0.4, -0.2) is 24.5 Å². The number of unbranched alkanes of at least 4 members (excludes halogenated alkanes) is 1. The first kappa shape index (κ1) is 19.5. The van der Waals surface area contributed by atoms with E-state index in [1.165, 1.54) is 0 Å². The SMILES string of the molecule is CCCCNC(=O)c1ccc(NC(=O)c2ccc(OC(C)C)cc2)cc1. The number of hydrogen-bond acceptors (Lipinski definition) is 3. The van der Waals surface area contributed by atoms with Gasteiger partial charge in [0.1, 0.15) is 5.75 Å². The minimum atomic E-state index is -0.207. The maximum atomic E-state index is 12.3. The van der Waals surface area contributed by atoms with Gasteiger partial charge in [-0.05, 0) is 68.8 Å². The van der Waals surface area contributed by atoms with E-state index >= 15 is 0 Å². The smallest absolute Gasteiger partial charge is 0.255 e. The van der Waals surface area contributed by atoms with Crippen LogP contribution in [0.4, 0.5) is 5.69 Å². The van der Waals surface area contributed by atoms with Gasteiger partial charge in [0.2, 0.25) is 0 Å². The predicted molar refractivity (Wildman–Crippen MR) is 104 cm³/mol. The van der Waals surface area contributed by atoms with Gasteiger partial charge in [0, 0.05) is 23.4 Å². The molecule has 5 heteroatoms. The van der Waals surface area contributed by atoms with Crippen molar-refractivity contribution in [3.63, 3.8) is 0 Å². The summed E-state index contributed by atoms with van der Waals surface area (Å²) in [5.74, 6) is 0.424. The van der Waals surface area contributed by atoms with E-state index in [2.05, 4.69) is 17.6 Å². The summed E-state index contributed by atoms with van der Waals surface area (Å²) in [4.78, 5) is 24.3. The van der Waals surface area contributed by atoms with Gasteiger partial charge in [0.15, 0.2) is 0 Å². The van der Waals surface area contributed by atoms with Crippen molar-refractivity contribution in [3.05, 3.63) is 59.7 Å². The molecular formula is C21H26N2O3. The van der Waals surface area contributed by atoms with Crippen molar-refractivity contribution < 1.29 is 14.3 Å². The van der Waals surface area contributed by atoms with Gasteiger partial charge in [-0.1, -0.05) is 13.3 Å². The minimum Gasteiger partial charge on any atom is -0.491 e. The van der Waals surface area contributed by atoms with Crippen molar-refractivity contribution in [3.8, 4) is 5.75 Å². The van der Waals surface area contributed by atoms with Crippen molar-refractivity contribution >= 4 is 17.5 Å². The Balaban J connectivity index is 1.93. The molecule has 2 rings (SSSR count). The molecule has 0 radical (unpaired) electrons. The molecule has 0 fully saturated rings. The molecule has 0 saturated carbocycles. The second-order valence-electron chi connectivity index (χ2n) is 6.33. The summed E-state index contributed by atoms with van der Waals surface area (Å²) in [6.07, 6.45) is 2.09. The topological polar surface area (TPSA) is 67.4 Å². The zero-order valence-corrected chi connectivity index (χ0v) is 15.5. The fraction of sp³-hybridized carbons (Fsp3) is 0.333. The van der Waals surface area contributed by atoms with Gasteiger partial charge in [0.05, 0.1) is 6.10 Å². The third kappa shape index (κ3) is 5.92. The summed E-state index contributed by atoms with van der Waals surface area (Å²) < 4.78 is 5.57. The first-order chi connectivity index (χ1) is 12.5. The molecule has 0 spiro atoms. The van der Waals surface area contributed by atoms with Crippen LogP contribution in [0.3, 0.4) is 0 Å². The van der Waals surface area contributed by atoms with E-state index in [0.29, 0.717) is 23.4 Å². The van der Waals surface area contributed by atoms with Crippen LogP contribution in [0.15, 0.2) is 48.5 Å². The number of ether oxygens (including phenoxy) is 1. The van der Waals surface area contributed by atoms with Crippen LogP contribution in [0.25, 0.3) is 0 Å². The van der Waals surface area contributed by atoms with Crippen molar-refractivity contribution in [2.75, 3.05) is 11.9 Å². The summed E-state index contributed by atoms with van der Waals surface area (Å²) in [7, 11) is 0. The average Bonchev–Trinajstić information content (AvgIpc) is 2.62. The Morgan fingerprint density at radius 2 is 1.50 bits per heavy atom. The van der Waals surface area contributed by atoms with E-state index in [4.69, 9.17) is 4.74 Å². The number of benzene rings is 2. The molecule has 0 aliphatic rings. The Morgan fingerprint density at radius 3 is 2.08 bits per heavy atom. The number of amides is 2. The van der Waals surface area contributed by atoms with Gasteiger partial charge in [-0.3, -0.25) is 9.59 Å². The normalized spacial score (nSPS) is 10.5.